The van der Waals surface area contributed by atoms with Gasteiger partial charge in [-0.15, -0.1) is 0 Å². The highest BCUT2D eigenvalue weighted by Gasteiger charge is 2.40. The fourth-order valence-electron chi connectivity index (χ4n) is 11.5. The number of phenols is 1. The molecule has 0 aliphatic heterocycles. The third kappa shape index (κ3) is 34.7. The summed E-state index contributed by atoms with van der Waals surface area (Å²) in [6.07, 6.45) is 1.30. The summed E-state index contributed by atoms with van der Waals surface area (Å²) in [5.74, 6) is -13.2. The number of benzene rings is 1. The van der Waals surface area contributed by atoms with Gasteiger partial charge < -0.3 is 103 Å². The lowest BCUT2D eigenvalue weighted by Gasteiger charge is -2.31. The second-order valence-corrected chi connectivity index (χ2v) is 30.6. The second kappa shape index (κ2) is 49.0. The Morgan fingerprint density at radius 1 is 0.349 bits per heavy atom. The third-order valence-corrected chi connectivity index (χ3v) is 18.1. The van der Waals surface area contributed by atoms with Gasteiger partial charge in [-0.05, 0) is 162 Å². The number of unbranched alkanes of at least 4 members (excludes halogenated alkanes) is 2. The van der Waals surface area contributed by atoms with Gasteiger partial charge in [0.05, 0.1) is 6.10 Å². The molecule has 1 aromatic rings. The average Bonchev–Trinajstić information content (AvgIpc) is 0.846. The molecule has 32 nitrogen and oxygen atoms in total. The van der Waals surface area contributed by atoms with Gasteiger partial charge in [0.2, 0.25) is 76.8 Å². The van der Waals surface area contributed by atoms with Crippen LogP contribution in [0.3, 0.4) is 0 Å². The lowest BCUT2D eigenvalue weighted by atomic mass is 9.95. The molecule has 604 valence electrons. The maximum atomic E-state index is 14.7. The van der Waals surface area contributed by atoms with Gasteiger partial charge in [-0.2, -0.15) is 0 Å². The number of amides is 13. The zero-order valence-corrected chi connectivity index (χ0v) is 65.9. The number of nitrogens with one attached hydrogen (secondary N) is 12. The zero-order valence-electron chi connectivity index (χ0n) is 65.9. The summed E-state index contributed by atoms with van der Waals surface area (Å²) in [7, 11) is 0. The Kier molecular flexibility index (Phi) is 44.3. The SMILES string of the molecule is CCC(C)[C@H](NC(=O)[C@@H](CCCN)NC(=O)[C@H](CC(C)C)NC(=O)[C@@H](N)C(C)O)C(=O)N[C@H](C(=O)N[C@H](C(=O)N[C@H](CCCCN)C(=O)N[C@H](C(=O)N[C@H](CC(C)C)C(=O)N[C@@H](CCCCN)C(=O)N[C@H](Cc1ccc(O)cc1)C(=O)N[C@@H](CC(C)C)C(=O)N[C@H](C(N)=O)C(C)C)C(C)C)C(C)C)C(C)C. The molecular weight excluding hydrogens is 1370 g/mol. The predicted molar refractivity (Wildman–Crippen MR) is 405 cm³/mol. The fourth-order valence-corrected chi connectivity index (χ4v) is 11.5. The maximum Gasteiger partial charge on any atom is 0.243 e. The van der Waals surface area contributed by atoms with Crippen LogP contribution in [0, 0.1) is 47.3 Å². The molecule has 0 saturated heterocycles. The van der Waals surface area contributed by atoms with Gasteiger partial charge >= 0.3 is 0 Å². The monoisotopic (exact) mass is 1500 g/mol. The van der Waals surface area contributed by atoms with Crippen molar-refractivity contribution in [2.24, 2.45) is 76.0 Å². The number of hydrogen-bond donors (Lipinski definition) is 19. The number of phenolic OH excluding ortho intramolecular Hbond substituents is 1. The maximum absolute atomic E-state index is 14.7. The van der Waals surface area contributed by atoms with Crippen LogP contribution in [0.4, 0.5) is 0 Å². The van der Waals surface area contributed by atoms with Crippen LogP contribution in [-0.4, -0.2) is 191 Å². The van der Waals surface area contributed by atoms with E-state index in [-0.39, 0.29) is 100 Å². The van der Waals surface area contributed by atoms with Crippen molar-refractivity contribution in [3.05, 3.63) is 29.8 Å². The number of rotatable bonds is 51. The van der Waals surface area contributed by atoms with Crippen LogP contribution < -0.4 is 92.5 Å². The zero-order chi connectivity index (χ0) is 81.0. The Bertz CT molecular complexity index is 2970. The van der Waals surface area contributed by atoms with Crippen molar-refractivity contribution >= 4 is 76.8 Å². The van der Waals surface area contributed by atoms with Crippen molar-refractivity contribution in [2.45, 2.75) is 286 Å². The summed E-state index contributed by atoms with van der Waals surface area (Å²) in [4.78, 5) is 183. The summed E-state index contributed by atoms with van der Waals surface area (Å²) in [6, 6.07) is -10.5. The van der Waals surface area contributed by atoms with Crippen LogP contribution in [0.15, 0.2) is 24.3 Å². The van der Waals surface area contributed by atoms with E-state index < -0.39 is 185 Å². The van der Waals surface area contributed by atoms with Gasteiger partial charge in [0, 0.05) is 6.42 Å². The Hall–Kier alpha value is -8.07. The number of aliphatic hydroxyl groups excluding tert-OH is 1. The number of primary amides is 1. The number of carbonyl (C=O) groups excluding carboxylic acids is 13. The molecule has 0 heterocycles. The normalized spacial score (nSPS) is 15.9. The van der Waals surface area contributed by atoms with Gasteiger partial charge in [-0.3, -0.25) is 62.3 Å². The largest absolute Gasteiger partial charge is 0.508 e. The topological polar surface area (TPSA) is 537 Å². The molecule has 32 heteroatoms. The van der Waals surface area contributed by atoms with Crippen molar-refractivity contribution in [3.8, 4) is 5.75 Å². The van der Waals surface area contributed by atoms with Crippen LogP contribution in [0.1, 0.15) is 200 Å². The number of aliphatic hydroxyl groups is 1. The van der Waals surface area contributed by atoms with E-state index in [2.05, 4.69) is 63.8 Å². The minimum absolute atomic E-state index is 0.0304. The van der Waals surface area contributed by atoms with Crippen LogP contribution in [-0.2, 0) is 68.7 Å². The Morgan fingerprint density at radius 2 is 0.623 bits per heavy atom. The highest BCUT2D eigenvalue weighted by Crippen LogP contribution is 2.19. The smallest absolute Gasteiger partial charge is 0.243 e. The summed E-state index contributed by atoms with van der Waals surface area (Å²) in [6.45, 7) is 29.8. The van der Waals surface area contributed by atoms with E-state index in [1.54, 1.807) is 81.4 Å². The van der Waals surface area contributed by atoms with E-state index in [9.17, 15) is 72.5 Å². The molecule has 0 fully saturated rings. The molecule has 0 radical (unpaired) electrons. The molecule has 0 bridgehead atoms. The Morgan fingerprint density at radius 3 is 0.981 bits per heavy atom. The number of nitrogens with two attached hydrogens (primary N) is 5. The summed E-state index contributed by atoms with van der Waals surface area (Å²) in [5, 5.41) is 52.9. The molecule has 1 aromatic carbocycles. The first-order valence-corrected chi connectivity index (χ1v) is 37.8. The molecule has 15 atom stereocenters. The quantitative estimate of drug-likeness (QED) is 0.0374. The van der Waals surface area contributed by atoms with Gasteiger partial charge in [0.25, 0.3) is 0 Å². The van der Waals surface area contributed by atoms with E-state index in [0.29, 0.717) is 37.7 Å². The second-order valence-electron chi connectivity index (χ2n) is 30.6. The van der Waals surface area contributed by atoms with E-state index in [1.807, 2.05) is 41.5 Å². The molecule has 0 saturated carbocycles. The average molecular weight is 1500 g/mol. The molecule has 0 spiro atoms. The third-order valence-electron chi connectivity index (χ3n) is 18.1. The Balaban J connectivity index is 3.65. The first-order chi connectivity index (χ1) is 49.5. The molecule has 106 heavy (non-hydrogen) atoms. The highest BCUT2D eigenvalue weighted by atomic mass is 16.3. The Labute approximate surface area is 627 Å². The molecule has 0 aliphatic rings. The van der Waals surface area contributed by atoms with Gasteiger partial charge in [0.15, 0.2) is 0 Å². The van der Waals surface area contributed by atoms with Crippen molar-refractivity contribution in [2.75, 3.05) is 19.6 Å². The molecule has 0 aromatic heterocycles. The van der Waals surface area contributed by atoms with Gasteiger partial charge in [-0.1, -0.05) is 129 Å². The van der Waals surface area contributed by atoms with Crippen molar-refractivity contribution in [1.82, 2.24) is 63.8 Å². The fraction of sp³-hybridized carbons (Fsp3) is 0.743. The molecule has 24 N–H and O–H groups in total. The van der Waals surface area contributed by atoms with E-state index in [1.165, 1.54) is 19.1 Å². The molecule has 1 rings (SSSR count). The van der Waals surface area contributed by atoms with E-state index in [4.69, 9.17) is 28.7 Å². The van der Waals surface area contributed by atoms with Crippen molar-refractivity contribution in [1.29, 1.82) is 0 Å². The first-order valence-electron chi connectivity index (χ1n) is 37.8. The van der Waals surface area contributed by atoms with Crippen LogP contribution in [0.25, 0.3) is 0 Å². The van der Waals surface area contributed by atoms with E-state index in [0.717, 1.165) is 0 Å². The molecular formula is C74H133N17O15. The highest BCUT2D eigenvalue weighted by molar-refractivity contribution is 6.00. The number of aromatic hydroxyl groups is 1. The lowest BCUT2D eigenvalue weighted by molar-refractivity contribution is -0.137. The van der Waals surface area contributed by atoms with Gasteiger partial charge in [0.1, 0.15) is 84.3 Å². The lowest BCUT2D eigenvalue weighted by Crippen LogP contribution is -2.63. The molecule has 0 aliphatic carbocycles. The number of carbonyl (C=O) groups is 13. The predicted octanol–water partition coefficient (Wildman–Crippen LogP) is -0.249. The summed E-state index contributed by atoms with van der Waals surface area (Å²) >= 11 is 0. The minimum Gasteiger partial charge on any atom is -0.508 e. The standard InChI is InChI=1S/C74H133N17O15/c1-18-45(16)61(91-65(97)51(26-23-33-77)81-66(98)52(34-38(2)3)85-70(102)56(78)46(17)92)74(106)90-60(44(14)15)73(105)89-59(43(12)13)71(103)82-50(25-20-22-32-76)64(96)88-58(42(10)11)72(104)86-53(35-39(4)5)67(99)80-49(24-19-21-31-75)63(95)84-55(37-47-27-29-48(93)30-28-47)68(100)83-54(36-40(6)7)69(101)87-57(41(8)9)62(79)94/h27-30,38-46,49-61,92-93H,18-26,31-37,75-78H2,1-17H3,(H2,79,94)(H,80,99)(H,81,98)(H,82,103)(H,83,100)(H,84,95)(H,85,102)(H,86,104)(H,87,101)(H,88,96)(H,89,105)(H,90,106)(H,91,97)/t45?,46?,49-,50+,51+,52-,53+,54-,55+,56-,57-,58-,59-,60-,61-/m0/s1. The van der Waals surface area contributed by atoms with E-state index >= 15 is 0 Å². The van der Waals surface area contributed by atoms with Crippen molar-refractivity contribution < 1.29 is 72.5 Å². The summed E-state index contributed by atoms with van der Waals surface area (Å²) in [5.41, 5.74) is 29.6. The minimum atomic E-state index is -1.37. The van der Waals surface area contributed by atoms with Crippen molar-refractivity contribution in [3.63, 3.8) is 0 Å². The van der Waals surface area contributed by atoms with Crippen LogP contribution in [0.5, 0.6) is 5.75 Å². The first kappa shape index (κ1) is 95.9. The summed E-state index contributed by atoms with van der Waals surface area (Å²) < 4.78 is 0. The number of hydrogen-bond acceptors (Lipinski definition) is 19. The van der Waals surface area contributed by atoms with Crippen LogP contribution in [0.2, 0.25) is 0 Å². The van der Waals surface area contributed by atoms with Gasteiger partial charge in [-0.25, -0.2) is 0 Å². The molecule has 13 amide bonds. The molecule has 2 unspecified atom stereocenters. The van der Waals surface area contributed by atoms with Crippen LogP contribution >= 0.6 is 0 Å².